The highest BCUT2D eigenvalue weighted by Crippen LogP contribution is 2.32. The standard InChI is InChI=1S/C21H21N3O2/c1-23-12-14-24(15-13-23)21(25)20-22-18(16-8-4-2-5-9-16)19(26-20)17-10-6-3-7-11-17/h2-11H,12-15H2,1H3. The topological polar surface area (TPSA) is 49.6 Å². The first kappa shape index (κ1) is 16.5. The summed E-state index contributed by atoms with van der Waals surface area (Å²) >= 11 is 0. The van der Waals surface area contributed by atoms with E-state index in [1.54, 1.807) is 0 Å². The third-order valence-corrected chi connectivity index (χ3v) is 4.68. The van der Waals surface area contributed by atoms with Crippen molar-refractivity contribution in [2.75, 3.05) is 33.2 Å². The van der Waals surface area contributed by atoms with E-state index in [9.17, 15) is 4.79 Å². The molecule has 26 heavy (non-hydrogen) atoms. The average molecular weight is 347 g/mol. The quantitative estimate of drug-likeness (QED) is 0.729. The van der Waals surface area contributed by atoms with E-state index in [4.69, 9.17) is 4.42 Å². The maximum absolute atomic E-state index is 12.9. The molecule has 1 aliphatic rings. The normalized spacial score (nSPS) is 15.2. The fourth-order valence-electron chi connectivity index (χ4n) is 3.13. The van der Waals surface area contributed by atoms with Gasteiger partial charge in [0.15, 0.2) is 5.76 Å². The Labute approximate surface area is 152 Å². The van der Waals surface area contributed by atoms with Gasteiger partial charge in [0.1, 0.15) is 5.69 Å². The lowest BCUT2D eigenvalue weighted by Gasteiger charge is -2.31. The Balaban J connectivity index is 1.73. The smallest absolute Gasteiger partial charge is 0.309 e. The molecule has 132 valence electrons. The summed E-state index contributed by atoms with van der Waals surface area (Å²) in [5, 5.41) is 0. The first-order chi connectivity index (χ1) is 12.7. The minimum atomic E-state index is -0.141. The van der Waals surface area contributed by atoms with Crippen LogP contribution in [0.15, 0.2) is 65.1 Å². The van der Waals surface area contributed by atoms with Crippen LogP contribution in [-0.4, -0.2) is 53.9 Å². The van der Waals surface area contributed by atoms with Crippen molar-refractivity contribution in [3.8, 4) is 22.6 Å². The first-order valence-corrected chi connectivity index (χ1v) is 8.82. The van der Waals surface area contributed by atoms with E-state index < -0.39 is 0 Å². The van der Waals surface area contributed by atoms with Crippen molar-refractivity contribution >= 4 is 5.91 Å². The van der Waals surface area contributed by atoms with E-state index in [-0.39, 0.29) is 11.8 Å². The molecule has 5 nitrogen and oxygen atoms in total. The molecule has 1 amide bonds. The molecule has 2 aromatic carbocycles. The summed E-state index contributed by atoms with van der Waals surface area (Å²) < 4.78 is 5.98. The molecule has 1 aliphatic heterocycles. The van der Waals surface area contributed by atoms with Crippen LogP contribution in [0.3, 0.4) is 0 Å². The van der Waals surface area contributed by atoms with Crippen LogP contribution in [0.4, 0.5) is 0 Å². The van der Waals surface area contributed by atoms with Crippen LogP contribution >= 0.6 is 0 Å². The van der Waals surface area contributed by atoms with Crippen LogP contribution in [-0.2, 0) is 0 Å². The van der Waals surface area contributed by atoms with Crippen molar-refractivity contribution in [2.45, 2.75) is 0 Å². The van der Waals surface area contributed by atoms with E-state index >= 15 is 0 Å². The molecule has 0 unspecified atom stereocenters. The molecule has 0 atom stereocenters. The number of nitrogens with zero attached hydrogens (tertiary/aromatic N) is 3. The molecule has 0 spiro atoms. The number of carbonyl (C=O) groups excluding carboxylic acids is 1. The van der Waals surface area contributed by atoms with Gasteiger partial charge in [-0.25, -0.2) is 4.98 Å². The Morgan fingerprint density at radius 2 is 1.46 bits per heavy atom. The number of hydrogen-bond acceptors (Lipinski definition) is 4. The fourth-order valence-corrected chi connectivity index (χ4v) is 3.13. The van der Waals surface area contributed by atoms with Gasteiger partial charge in [0.25, 0.3) is 5.89 Å². The minimum absolute atomic E-state index is 0.141. The number of hydrogen-bond donors (Lipinski definition) is 0. The number of aromatic nitrogens is 1. The second-order valence-electron chi connectivity index (χ2n) is 6.52. The van der Waals surface area contributed by atoms with E-state index in [0.29, 0.717) is 24.5 Å². The van der Waals surface area contributed by atoms with Gasteiger partial charge >= 0.3 is 5.91 Å². The SMILES string of the molecule is CN1CCN(C(=O)c2nc(-c3ccccc3)c(-c3ccccc3)o2)CC1. The van der Waals surface area contributed by atoms with E-state index in [0.717, 1.165) is 24.2 Å². The first-order valence-electron chi connectivity index (χ1n) is 8.82. The maximum atomic E-state index is 12.9. The van der Waals surface area contributed by atoms with Gasteiger partial charge in [0.05, 0.1) is 0 Å². The molecule has 3 aromatic rings. The van der Waals surface area contributed by atoms with Crippen LogP contribution < -0.4 is 0 Å². The van der Waals surface area contributed by atoms with Crippen LogP contribution in [0.1, 0.15) is 10.7 Å². The molecule has 0 N–H and O–H groups in total. The fraction of sp³-hybridized carbons (Fsp3) is 0.238. The number of carbonyl (C=O) groups is 1. The Morgan fingerprint density at radius 3 is 2.08 bits per heavy atom. The van der Waals surface area contributed by atoms with Crippen LogP contribution in [0, 0.1) is 0 Å². The van der Waals surface area contributed by atoms with E-state index in [2.05, 4.69) is 16.9 Å². The Kier molecular flexibility index (Phi) is 4.54. The number of likely N-dealkylation sites (N-methyl/N-ethyl adjacent to an activating group) is 1. The summed E-state index contributed by atoms with van der Waals surface area (Å²) in [6, 6.07) is 19.6. The zero-order valence-electron chi connectivity index (χ0n) is 14.8. The summed E-state index contributed by atoms with van der Waals surface area (Å²) in [6.07, 6.45) is 0. The zero-order valence-corrected chi connectivity index (χ0v) is 14.8. The number of piperazine rings is 1. The molecule has 2 heterocycles. The van der Waals surface area contributed by atoms with Gasteiger partial charge in [-0.3, -0.25) is 4.79 Å². The summed E-state index contributed by atoms with van der Waals surface area (Å²) in [6.45, 7) is 3.12. The van der Waals surface area contributed by atoms with Crippen molar-refractivity contribution < 1.29 is 9.21 Å². The molecular formula is C21H21N3O2. The second kappa shape index (κ2) is 7.14. The molecule has 5 heteroatoms. The number of oxazole rings is 1. The summed E-state index contributed by atoms with van der Waals surface area (Å²) in [5.74, 6) is 0.652. The van der Waals surface area contributed by atoms with Gasteiger partial charge in [0, 0.05) is 37.3 Å². The van der Waals surface area contributed by atoms with E-state index in [1.165, 1.54) is 0 Å². The minimum Gasteiger partial charge on any atom is -0.432 e. The summed E-state index contributed by atoms with van der Waals surface area (Å²) in [5.41, 5.74) is 2.55. The maximum Gasteiger partial charge on any atom is 0.309 e. The second-order valence-corrected chi connectivity index (χ2v) is 6.52. The van der Waals surface area contributed by atoms with Gasteiger partial charge < -0.3 is 14.2 Å². The molecule has 0 bridgehead atoms. The molecule has 0 aliphatic carbocycles. The largest absolute Gasteiger partial charge is 0.432 e. The molecule has 1 fully saturated rings. The predicted octanol–water partition coefficient (Wildman–Crippen LogP) is 3.40. The highest BCUT2D eigenvalue weighted by Gasteiger charge is 2.27. The van der Waals surface area contributed by atoms with E-state index in [1.807, 2.05) is 65.6 Å². The molecule has 1 saturated heterocycles. The Bertz CT molecular complexity index is 825. The van der Waals surface area contributed by atoms with Crippen molar-refractivity contribution in [3.63, 3.8) is 0 Å². The average Bonchev–Trinajstić information content (AvgIpc) is 3.15. The lowest BCUT2D eigenvalue weighted by atomic mass is 10.1. The van der Waals surface area contributed by atoms with Crippen molar-refractivity contribution in [2.24, 2.45) is 0 Å². The summed E-state index contributed by atoms with van der Waals surface area (Å²) in [7, 11) is 2.06. The van der Waals surface area contributed by atoms with Crippen LogP contribution in [0.5, 0.6) is 0 Å². The summed E-state index contributed by atoms with van der Waals surface area (Å²) in [4.78, 5) is 21.5. The monoisotopic (exact) mass is 347 g/mol. The third-order valence-electron chi connectivity index (χ3n) is 4.68. The Hall–Kier alpha value is -2.92. The molecule has 1 aromatic heterocycles. The van der Waals surface area contributed by atoms with Crippen molar-refractivity contribution in [1.82, 2.24) is 14.8 Å². The lowest BCUT2D eigenvalue weighted by molar-refractivity contribution is 0.0625. The van der Waals surface area contributed by atoms with Crippen molar-refractivity contribution in [1.29, 1.82) is 0 Å². The zero-order chi connectivity index (χ0) is 17.9. The molecule has 0 radical (unpaired) electrons. The number of rotatable bonds is 3. The van der Waals surface area contributed by atoms with Crippen LogP contribution in [0.25, 0.3) is 22.6 Å². The van der Waals surface area contributed by atoms with Gasteiger partial charge in [-0.2, -0.15) is 0 Å². The molecule has 0 saturated carbocycles. The highest BCUT2D eigenvalue weighted by atomic mass is 16.4. The predicted molar refractivity (Wildman–Crippen MR) is 101 cm³/mol. The van der Waals surface area contributed by atoms with Gasteiger partial charge in [-0.05, 0) is 7.05 Å². The molecular weight excluding hydrogens is 326 g/mol. The highest BCUT2D eigenvalue weighted by molar-refractivity contribution is 5.92. The van der Waals surface area contributed by atoms with Crippen molar-refractivity contribution in [3.05, 3.63) is 66.6 Å². The van der Waals surface area contributed by atoms with Gasteiger partial charge in [-0.1, -0.05) is 60.7 Å². The van der Waals surface area contributed by atoms with Crippen LogP contribution in [0.2, 0.25) is 0 Å². The third kappa shape index (κ3) is 3.26. The number of benzene rings is 2. The van der Waals surface area contributed by atoms with Gasteiger partial charge in [0.2, 0.25) is 0 Å². The lowest BCUT2D eigenvalue weighted by Crippen LogP contribution is -2.47. The van der Waals surface area contributed by atoms with Gasteiger partial charge in [-0.15, -0.1) is 0 Å². The molecule has 4 rings (SSSR count). The number of amides is 1. The Morgan fingerprint density at radius 1 is 0.885 bits per heavy atom.